The summed E-state index contributed by atoms with van der Waals surface area (Å²) in [6, 6.07) is 17.8. The minimum atomic E-state index is -0.787. The number of nitrogens with zero attached hydrogens (tertiary/aromatic N) is 3. The molecular formula is C23H21N3O5. The van der Waals surface area contributed by atoms with E-state index in [4.69, 9.17) is 13.9 Å². The number of carbonyl (C=O) groups is 2. The molecule has 158 valence electrons. The second kappa shape index (κ2) is 9.25. The van der Waals surface area contributed by atoms with Gasteiger partial charge in [0.05, 0.1) is 18.5 Å². The normalized spacial score (nSPS) is 15.5. The van der Waals surface area contributed by atoms with Crippen LogP contribution in [0.5, 0.6) is 0 Å². The molecule has 1 aliphatic rings. The summed E-state index contributed by atoms with van der Waals surface area (Å²) in [5, 5.41) is 5.80. The first-order valence-electron chi connectivity index (χ1n) is 9.91. The van der Waals surface area contributed by atoms with E-state index in [2.05, 4.69) is 10.1 Å². The Morgan fingerprint density at radius 2 is 1.77 bits per heavy atom. The van der Waals surface area contributed by atoms with Crippen LogP contribution >= 0.6 is 0 Å². The van der Waals surface area contributed by atoms with Crippen molar-refractivity contribution in [1.82, 2.24) is 4.98 Å². The highest BCUT2D eigenvalue weighted by Gasteiger charge is 2.38. The maximum Gasteiger partial charge on any atom is 0.354 e. The van der Waals surface area contributed by atoms with Crippen molar-refractivity contribution in [3.8, 4) is 11.3 Å². The Morgan fingerprint density at radius 1 is 1.06 bits per heavy atom. The first kappa shape index (κ1) is 20.3. The molecule has 4 rings (SSSR count). The van der Waals surface area contributed by atoms with E-state index in [-0.39, 0.29) is 31.2 Å². The molecule has 0 fully saturated rings. The van der Waals surface area contributed by atoms with Gasteiger partial charge in [0.1, 0.15) is 5.71 Å². The molecule has 1 unspecified atom stereocenters. The molecule has 3 aromatic rings. The lowest BCUT2D eigenvalue weighted by atomic mass is 10.1. The second-order valence-corrected chi connectivity index (χ2v) is 6.76. The lowest BCUT2D eigenvalue weighted by Crippen LogP contribution is -2.36. The number of oxazole rings is 1. The van der Waals surface area contributed by atoms with Gasteiger partial charge in [-0.3, -0.25) is 5.01 Å². The third-order valence-corrected chi connectivity index (χ3v) is 4.66. The van der Waals surface area contributed by atoms with Gasteiger partial charge in [-0.15, -0.1) is 0 Å². The fourth-order valence-corrected chi connectivity index (χ4v) is 3.19. The average molecular weight is 419 g/mol. The minimum absolute atomic E-state index is 0.0907. The Hall–Kier alpha value is -3.94. The summed E-state index contributed by atoms with van der Waals surface area (Å²) in [7, 11) is 0. The Morgan fingerprint density at radius 3 is 2.48 bits per heavy atom. The standard InChI is InChI=1S/C23H21N3O5/c1-2-29-22(27)18-13-19(26(25-18)17-11-7-4-8-12-17)23(28)30-15-21-24-14-20(31-21)16-9-5-3-6-10-16/h3-12,14,19H,2,13,15H2,1H3. The fraction of sp³-hybridized carbons (Fsp3) is 0.217. The SMILES string of the molecule is CCOC(=O)C1=NN(c2ccccc2)C(C(=O)OCc2ncc(-c3ccccc3)o2)C1. The van der Waals surface area contributed by atoms with Crippen molar-refractivity contribution in [2.45, 2.75) is 26.0 Å². The van der Waals surface area contributed by atoms with Crippen LogP contribution in [-0.4, -0.2) is 35.3 Å². The predicted molar refractivity (Wildman–Crippen MR) is 113 cm³/mol. The van der Waals surface area contributed by atoms with Gasteiger partial charge < -0.3 is 13.9 Å². The third kappa shape index (κ3) is 4.63. The van der Waals surface area contributed by atoms with E-state index in [1.54, 1.807) is 25.3 Å². The monoisotopic (exact) mass is 419 g/mol. The van der Waals surface area contributed by atoms with Gasteiger partial charge in [-0.2, -0.15) is 5.10 Å². The van der Waals surface area contributed by atoms with Crippen molar-refractivity contribution in [3.05, 3.63) is 72.8 Å². The van der Waals surface area contributed by atoms with Gasteiger partial charge in [0.15, 0.2) is 18.4 Å². The van der Waals surface area contributed by atoms with Crippen LogP contribution in [0.15, 0.2) is 76.4 Å². The Labute approximate surface area is 179 Å². The highest BCUT2D eigenvalue weighted by Crippen LogP contribution is 2.26. The molecular weight excluding hydrogens is 398 g/mol. The number of hydrogen-bond acceptors (Lipinski definition) is 8. The van der Waals surface area contributed by atoms with E-state index in [1.807, 2.05) is 48.5 Å². The largest absolute Gasteiger partial charge is 0.461 e. The Balaban J connectivity index is 1.45. The van der Waals surface area contributed by atoms with Crippen LogP contribution in [0, 0.1) is 0 Å². The number of hydrogen-bond donors (Lipinski definition) is 0. The number of carbonyl (C=O) groups excluding carboxylic acids is 2. The molecule has 31 heavy (non-hydrogen) atoms. The molecule has 0 saturated heterocycles. The van der Waals surface area contributed by atoms with Crippen LogP contribution < -0.4 is 5.01 Å². The van der Waals surface area contributed by atoms with Crippen LogP contribution in [-0.2, 0) is 25.7 Å². The summed E-state index contributed by atoms with van der Waals surface area (Å²) < 4.78 is 16.2. The molecule has 0 radical (unpaired) electrons. The smallest absolute Gasteiger partial charge is 0.354 e. The quantitative estimate of drug-likeness (QED) is 0.540. The van der Waals surface area contributed by atoms with E-state index in [1.165, 1.54) is 5.01 Å². The van der Waals surface area contributed by atoms with Crippen molar-refractivity contribution >= 4 is 23.3 Å². The molecule has 0 amide bonds. The maximum absolute atomic E-state index is 12.8. The van der Waals surface area contributed by atoms with Crippen molar-refractivity contribution in [1.29, 1.82) is 0 Å². The van der Waals surface area contributed by atoms with Crippen molar-refractivity contribution in [3.63, 3.8) is 0 Å². The topological polar surface area (TPSA) is 94.2 Å². The number of hydrazone groups is 1. The highest BCUT2D eigenvalue weighted by atomic mass is 16.5. The van der Waals surface area contributed by atoms with Gasteiger partial charge >= 0.3 is 11.9 Å². The van der Waals surface area contributed by atoms with Crippen molar-refractivity contribution in [2.24, 2.45) is 5.10 Å². The zero-order valence-electron chi connectivity index (χ0n) is 16.9. The van der Waals surface area contributed by atoms with Crippen LogP contribution in [0.25, 0.3) is 11.3 Å². The van der Waals surface area contributed by atoms with E-state index in [0.717, 1.165) is 5.56 Å². The molecule has 1 aromatic heterocycles. The van der Waals surface area contributed by atoms with Crippen LogP contribution in [0.1, 0.15) is 19.2 Å². The van der Waals surface area contributed by atoms with E-state index >= 15 is 0 Å². The van der Waals surface area contributed by atoms with Gasteiger partial charge in [0.25, 0.3) is 0 Å². The van der Waals surface area contributed by atoms with Crippen LogP contribution in [0.4, 0.5) is 5.69 Å². The van der Waals surface area contributed by atoms with Crippen molar-refractivity contribution in [2.75, 3.05) is 11.6 Å². The minimum Gasteiger partial charge on any atom is -0.461 e. The molecule has 0 aliphatic carbocycles. The fourth-order valence-electron chi connectivity index (χ4n) is 3.19. The van der Waals surface area contributed by atoms with Crippen LogP contribution in [0.2, 0.25) is 0 Å². The van der Waals surface area contributed by atoms with Crippen molar-refractivity contribution < 1.29 is 23.5 Å². The van der Waals surface area contributed by atoms with Gasteiger partial charge in [-0.25, -0.2) is 14.6 Å². The molecule has 1 aliphatic heterocycles. The van der Waals surface area contributed by atoms with E-state index in [0.29, 0.717) is 11.4 Å². The average Bonchev–Trinajstić information content (AvgIpc) is 3.47. The van der Waals surface area contributed by atoms with Crippen LogP contribution in [0.3, 0.4) is 0 Å². The number of para-hydroxylation sites is 1. The number of anilines is 1. The van der Waals surface area contributed by atoms with Gasteiger partial charge in [0, 0.05) is 12.0 Å². The van der Waals surface area contributed by atoms with E-state index in [9.17, 15) is 9.59 Å². The zero-order chi connectivity index (χ0) is 21.6. The molecule has 0 N–H and O–H groups in total. The first-order chi connectivity index (χ1) is 15.2. The molecule has 8 nitrogen and oxygen atoms in total. The Bertz CT molecular complexity index is 1080. The molecule has 0 bridgehead atoms. The molecule has 1 atom stereocenters. The first-order valence-corrected chi connectivity index (χ1v) is 9.91. The summed E-state index contributed by atoms with van der Waals surface area (Å²) in [4.78, 5) is 29.2. The highest BCUT2D eigenvalue weighted by molar-refractivity contribution is 6.38. The number of aromatic nitrogens is 1. The van der Waals surface area contributed by atoms with Gasteiger partial charge in [-0.05, 0) is 19.1 Å². The Kier molecular flexibility index (Phi) is 6.07. The summed E-state index contributed by atoms with van der Waals surface area (Å²) in [6.45, 7) is 1.82. The molecule has 0 saturated carbocycles. The summed E-state index contributed by atoms with van der Waals surface area (Å²) in [5.41, 5.74) is 1.73. The maximum atomic E-state index is 12.8. The summed E-state index contributed by atoms with van der Waals surface area (Å²) >= 11 is 0. The zero-order valence-corrected chi connectivity index (χ0v) is 16.9. The third-order valence-electron chi connectivity index (χ3n) is 4.66. The predicted octanol–water partition coefficient (Wildman–Crippen LogP) is 3.58. The lowest BCUT2D eigenvalue weighted by Gasteiger charge is -2.21. The molecule has 8 heteroatoms. The van der Waals surface area contributed by atoms with E-state index < -0.39 is 18.0 Å². The number of ether oxygens (including phenoxy) is 2. The lowest BCUT2D eigenvalue weighted by molar-refractivity contribution is -0.147. The molecule has 2 heterocycles. The van der Waals surface area contributed by atoms with Gasteiger partial charge in [0.2, 0.25) is 5.89 Å². The number of esters is 2. The number of rotatable bonds is 7. The molecule has 0 spiro atoms. The van der Waals surface area contributed by atoms with Gasteiger partial charge in [-0.1, -0.05) is 48.5 Å². The molecule has 2 aromatic carbocycles. The second-order valence-electron chi connectivity index (χ2n) is 6.76. The summed E-state index contributed by atoms with van der Waals surface area (Å²) in [5.74, 6) is -0.209. The summed E-state index contributed by atoms with van der Waals surface area (Å²) in [6.07, 6.45) is 1.68. The number of benzene rings is 2.